The van der Waals surface area contributed by atoms with E-state index in [9.17, 15) is 22.9 Å². The molecule has 1 unspecified atom stereocenters. The van der Waals surface area contributed by atoms with E-state index in [2.05, 4.69) is 9.50 Å². The molecule has 8 nitrogen and oxygen atoms in total. The summed E-state index contributed by atoms with van der Waals surface area (Å²) in [6.07, 6.45) is 1.30. The molecule has 1 atom stereocenters. The maximum atomic E-state index is 13.8. The summed E-state index contributed by atoms with van der Waals surface area (Å²) in [5.41, 5.74) is 1.73. The van der Waals surface area contributed by atoms with Crippen molar-refractivity contribution >= 4 is 34.2 Å². The van der Waals surface area contributed by atoms with Crippen molar-refractivity contribution < 1.29 is 27.6 Å². The molecule has 11 heteroatoms. The van der Waals surface area contributed by atoms with Crippen molar-refractivity contribution in [1.29, 1.82) is 0 Å². The van der Waals surface area contributed by atoms with Crippen LogP contribution in [0, 0.1) is 5.82 Å². The maximum absolute atomic E-state index is 13.8. The van der Waals surface area contributed by atoms with E-state index in [0.717, 1.165) is 0 Å². The van der Waals surface area contributed by atoms with Crippen LogP contribution in [0.3, 0.4) is 0 Å². The first-order chi connectivity index (χ1) is 14.2. The number of sulfonamides is 1. The number of halogens is 1. The highest BCUT2D eigenvalue weighted by molar-refractivity contribution is 7.90. The lowest BCUT2D eigenvalue weighted by atomic mass is 9.80. The second kappa shape index (κ2) is 7.49. The third-order valence-electron chi connectivity index (χ3n) is 5.18. The van der Waals surface area contributed by atoms with E-state index < -0.39 is 23.0 Å². The average Bonchev–Trinajstić information content (AvgIpc) is 2.99. The fourth-order valence-electron chi connectivity index (χ4n) is 3.52. The molecule has 4 rings (SSSR count). The Hall–Kier alpha value is -2.76. The standard InChI is InChI=1S/C19H19BFN3O5S/c1-11-3-8-16(12-4-7-15(21)17(9-12)29-2)22-24(11)19-14-6-5-13(20(25)26)10-18(14)30(27,28)23-19/h4-7,9-11,25-26H,3,8H2,1-2H3. The van der Waals surface area contributed by atoms with Gasteiger partial charge in [0.25, 0.3) is 10.0 Å². The van der Waals surface area contributed by atoms with Crippen LogP contribution in [0.5, 0.6) is 5.75 Å². The van der Waals surface area contributed by atoms with Gasteiger partial charge in [-0.2, -0.15) is 13.5 Å². The van der Waals surface area contributed by atoms with Gasteiger partial charge >= 0.3 is 7.12 Å². The van der Waals surface area contributed by atoms with Crippen molar-refractivity contribution in [2.45, 2.75) is 30.7 Å². The molecule has 0 radical (unpaired) electrons. The highest BCUT2D eigenvalue weighted by Crippen LogP contribution is 2.31. The monoisotopic (exact) mass is 431 g/mol. The lowest BCUT2D eigenvalue weighted by Crippen LogP contribution is -2.39. The molecule has 0 saturated carbocycles. The van der Waals surface area contributed by atoms with E-state index in [1.54, 1.807) is 17.1 Å². The molecule has 2 aromatic carbocycles. The third kappa shape index (κ3) is 3.49. The molecule has 2 N–H and O–H groups in total. The maximum Gasteiger partial charge on any atom is 0.488 e. The quantitative estimate of drug-likeness (QED) is 0.698. The van der Waals surface area contributed by atoms with Crippen LogP contribution in [-0.2, 0) is 10.0 Å². The first kappa shape index (κ1) is 20.5. The minimum Gasteiger partial charge on any atom is -0.494 e. The zero-order valence-corrected chi connectivity index (χ0v) is 17.1. The van der Waals surface area contributed by atoms with E-state index >= 15 is 0 Å². The summed E-state index contributed by atoms with van der Waals surface area (Å²) < 4.78 is 47.9. The van der Waals surface area contributed by atoms with Gasteiger partial charge < -0.3 is 14.8 Å². The second-order valence-electron chi connectivity index (χ2n) is 7.15. The second-order valence-corrected chi connectivity index (χ2v) is 8.72. The van der Waals surface area contributed by atoms with Crippen LogP contribution in [-0.4, -0.2) is 55.3 Å². The van der Waals surface area contributed by atoms with E-state index in [0.29, 0.717) is 29.7 Å². The molecule has 0 amide bonds. The third-order valence-corrected chi connectivity index (χ3v) is 6.48. The van der Waals surface area contributed by atoms with Gasteiger partial charge in [-0.3, -0.25) is 0 Å². The molecule has 0 fully saturated rings. The number of rotatable bonds is 3. The van der Waals surface area contributed by atoms with Gasteiger partial charge in [-0.1, -0.05) is 12.1 Å². The summed E-state index contributed by atoms with van der Waals surface area (Å²) >= 11 is 0. The minimum atomic E-state index is -4.00. The summed E-state index contributed by atoms with van der Waals surface area (Å²) in [5, 5.41) is 24.9. The van der Waals surface area contributed by atoms with Gasteiger partial charge in [-0.15, -0.1) is 4.40 Å². The van der Waals surface area contributed by atoms with Gasteiger partial charge in [0, 0.05) is 11.1 Å². The zero-order valence-electron chi connectivity index (χ0n) is 16.3. The van der Waals surface area contributed by atoms with Gasteiger partial charge in [-0.25, -0.2) is 9.40 Å². The Labute approximate surface area is 173 Å². The molecule has 0 bridgehead atoms. The normalized spacial score (nSPS) is 19.8. The number of hydrogen-bond acceptors (Lipinski definition) is 7. The predicted molar refractivity (Wildman–Crippen MR) is 110 cm³/mol. The highest BCUT2D eigenvalue weighted by Gasteiger charge is 2.36. The number of hydrogen-bond donors (Lipinski definition) is 2. The van der Waals surface area contributed by atoms with Gasteiger partial charge in [0.1, 0.15) is 4.90 Å². The van der Waals surface area contributed by atoms with Crippen LogP contribution in [0.2, 0.25) is 0 Å². The van der Waals surface area contributed by atoms with Crippen LogP contribution in [0.15, 0.2) is 50.8 Å². The molecule has 0 aliphatic carbocycles. The van der Waals surface area contributed by atoms with Crippen molar-refractivity contribution in [3.63, 3.8) is 0 Å². The van der Waals surface area contributed by atoms with Crippen LogP contribution in [0.25, 0.3) is 0 Å². The fraction of sp³-hybridized carbons (Fsp3) is 0.263. The first-order valence-electron chi connectivity index (χ1n) is 9.27. The lowest BCUT2D eigenvalue weighted by molar-refractivity contribution is 0.316. The van der Waals surface area contributed by atoms with E-state index in [1.165, 1.54) is 31.4 Å². The molecule has 0 aromatic heterocycles. The summed E-state index contributed by atoms with van der Waals surface area (Å²) in [4.78, 5) is -0.0962. The van der Waals surface area contributed by atoms with Crippen molar-refractivity contribution in [2.75, 3.05) is 7.11 Å². The Morgan fingerprint density at radius 2 is 2.00 bits per heavy atom. The summed E-state index contributed by atoms with van der Waals surface area (Å²) in [7, 11) is -4.41. The van der Waals surface area contributed by atoms with E-state index in [1.807, 2.05) is 6.92 Å². The van der Waals surface area contributed by atoms with Crippen LogP contribution < -0.4 is 10.2 Å². The molecule has 2 aliphatic rings. The largest absolute Gasteiger partial charge is 0.494 e. The summed E-state index contributed by atoms with van der Waals surface area (Å²) in [5.74, 6) is -0.214. The number of nitrogens with zero attached hydrogens (tertiary/aromatic N) is 3. The Bertz CT molecular complexity index is 1180. The van der Waals surface area contributed by atoms with Gasteiger partial charge in [0.2, 0.25) is 0 Å². The van der Waals surface area contributed by atoms with Crippen molar-refractivity contribution in [3.8, 4) is 5.75 Å². The molecular weight excluding hydrogens is 412 g/mol. The molecule has 2 heterocycles. The van der Waals surface area contributed by atoms with Crippen molar-refractivity contribution in [1.82, 2.24) is 5.01 Å². The Morgan fingerprint density at radius 1 is 1.23 bits per heavy atom. The first-order valence-corrected chi connectivity index (χ1v) is 10.7. The van der Waals surface area contributed by atoms with Crippen LogP contribution in [0.4, 0.5) is 4.39 Å². The molecular formula is C19H19BFN3O5S. The zero-order chi connectivity index (χ0) is 21.6. The SMILES string of the molecule is COc1cc(C2=NN(C3=NS(=O)(=O)c4cc(B(O)O)ccc43)C(C)CC2)ccc1F. The van der Waals surface area contributed by atoms with E-state index in [-0.39, 0.29) is 28.0 Å². The average molecular weight is 431 g/mol. The molecule has 30 heavy (non-hydrogen) atoms. The van der Waals surface area contributed by atoms with Crippen molar-refractivity contribution in [3.05, 3.63) is 53.3 Å². The fourth-order valence-corrected chi connectivity index (χ4v) is 4.75. The minimum absolute atomic E-state index is 0.0584. The highest BCUT2D eigenvalue weighted by atomic mass is 32.2. The van der Waals surface area contributed by atoms with Gasteiger partial charge in [-0.05, 0) is 49.5 Å². The smallest absolute Gasteiger partial charge is 0.488 e. The Kier molecular flexibility index (Phi) is 5.12. The summed E-state index contributed by atoms with van der Waals surface area (Å²) in [6.45, 7) is 1.91. The Balaban J connectivity index is 1.78. The number of hydrazone groups is 1. The van der Waals surface area contributed by atoms with Gasteiger partial charge in [0.15, 0.2) is 17.4 Å². The van der Waals surface area contributed by atoms with Crippen LogP contribution >= 0.6 is 0 Å². The molecule has 156 valence electrons. The lowest BCUT2D eigenvalue weighted by Gasteiger charge is -2.31. The molecule has 2 aliphatic heterocycles. The van der Waals surface area contributed by atoms with Crippen molar-refractivity contribution in [2.24, 2.45) is 9.50 Å². The molecule has 2 aromatic rings. The number of methoxy groups -OCH3 is 1. The predicted octanol–water partition coefficient (Wildman–Crippen LogP) is 0.852. The number of ether oxygens (including phenoxy) is 1. The molecule has 0 saturated heterocycles. The van der Waals surface area contributed by atoms with Gasteiger partial charge in [0.05, 0.1) is 18.9 Å². The van der Waals surface area contributed by atoms with E-state index in [4.69, 9.17) is 4.74 Å². The topological polar surface area (TPSA) is 112 Å². The number of fused-ring (bicyclic) bond motifs is 1. The number of amidine groups is 1. The van der Waals surface area contributed by atoms with Crippen LogP contribution in [0.1, 0.15) is 30.9 Å². The number of benzene rings is 2. The molecule has 0 spiro atoms. The summed E-state index contributed by atoms with van der Waals surface area (Å²) in [6, 6.07) is 8.46. The Morgan fingerprint density at radius 3 is 2.70 bits per heavy atom.